The van der Waals surface area contributed by atoms with E-state index in [9.17, 15) is 8.76 Å². The first-order valence-electron chi connectivity index (χ1n) is 5.87. The Hall–Kier alpha value is -1.06. The summed E-state index contributed by atoms with van der Waals surface area (Å²) in [5, 5.41) is 2.45. The predicted molar refractivity (Wildman–Crippen MR) is 78.8 cm³/mol. The second-order valence-electron chi connectivity index (χ2n) is 3.85. The van der Waals surface area contributed by atoms with E-state index in [1.165, 1.54) is 10.6 Å². The van der Waals surface area contributed by atoms with Crippen LogP contribution in [0, 0.1) is 0 Å². The van der Waals surface area contributed by atoms with E-state index >= 15 is 0 Å². The lowest BCUT2D eigenvalue weighted by atomic mass is 10.4. The minimum absolute atomic E-state index is 0.214. The highest BCUT2D eigenvalue weighted by molar-refractivity contribution is 7.74. The maximum absolute atomic E-state index is 10.4. The van der Waals surface area contributed by atoms with E-state index in [-0.39, 0.29) is 6.61 Å². The molecule has 2 rings (SSSR count). The maximum Gasteiger partial charge on any atom is 0.0842 e. The van der Waals surface area contributed by atoms with Crippen molar-refractivity contribution in [3.8, 4) is 0 Å². The second kappa shape index (κ2) is 7.51. The van der Waals surface area contributed by atoms with Gasteiger partial charge in [0.25, 0.3) is 0 Å². The predicted octanol–water partition coefficient (Wildman–Crippen LogP) is 1.93. The van der Waals surface area contributed by atoms with Crippen LogP contribution in [-0.4, -0.2) is 21.5 Å². The third-order valence-electron chi connectivity index (χ3n) is 2.63. The topological polar surface area (TPSA) is 49.4 Å². The molecule has 0 saturated carbocycles. The van der Waals surface area contributed by atoms with Gasteiger partial charge in [0.2, 0.25) is 0 Å². The van der Waals surface area contributed by atoms with E-state index < -0.39 is 19.3 Å². The Morgan fingerprint density at radius 3 is 1.84 bits per heavy atom. The van der Waals surface area contributed by atoms with E-state index in [2.05, 4.69) is 28.4 Å². The first-order valence-corrected chi connectivity index (χ1v) is 8.40. The summed E-state index contributed by atoms with van der Waals surface area (Å²) in [5.74, 6) is 0. The summed E-state index contributed by atoms with van der Waals surface area (Å²) < 4.78 is 25.5. The molecule has 5 heteroatoms. The van der Waals surface area contributed by atoms with E-state index in [0.29, 0.717) is 6.16 Å². The Kier molecular flexibility index (Phi) is 5.67. The molecule has 3 nitrogen and oxygen atoms in total. The largest absolute Gasteiger partial charge is 0.750 e. The zero-order valence-corrected chi connectivity index (χ0v) is 12.0. The first-order chi connectivity index (χ1) is 9.27. The molecule has 0 N–H and O–H groups in total. The highest BCUT2D eigenvalue weighted by atomic mass is 32.2. The molecule has 2 aromatic carbocycles. The molecule has 0 aliphatic rings. The van der Waals surface area contributed by atoms with Crippen molar-refractivity contribution in [3.05, 3.63) is 60.7 Å². The smallest absolute Gasteiger partial charge is 0.0842 e. The molecule has 0 spiro atoms. The van der Waals surface area contributed by atoms with Crippen LogP contribution >= 0.6 is 7.92 Å². The SMILES string of the molecule is O=S([O-])OCCP(c1ccccc1)c1ccccc1. The van der Waals surface area contributed by atoms with Crippen molar-refractivity contribution in [2.75, 3.05) is 12.8 Å². The summed E-state index contributed by atoms with van der Waals surface area (Å²) >= 11 is -2.43. The summed E-state index contributed by atoms with van der Waals surface area (Å²) in [7, 11) is -0.580. The summed E-state index contributed by atoms with van der Waals surface area (Å²) in [4.78, 5) is 0. The highest BCUT2D eigenvalue weighted by Gasteiger charge is 2.12. The van der Waals surface area contributed by atoms with Gasteiger partial charge in [-0.15, -0.1) is 0 Å². The molecule has 19 heavy (non-hydrogen) atoms. The monoisotopic (exact) mass is 293 g/mol. The van der Waals surface area contributed by atoms with Gasteiger partial charge in [-0.25, -0.2) is 4.21 Å². The molecule has 2 aromatic rings. The number of hydrogen-bond acceptors (Lipinski definition) is 3. The Morgan fingerprint density at radius 1 is 0.947 bits per heavy atom. The van der Waals surface area contributed by atoms with Crippen molar-refractivity contribution < 1.29 is 12.9 Å². The van der Waals surface area contributed by atoms with Gasteiger partial charge in [-0.2, -0.15) is 0 Å². The molecule has 1 unspecified atom stereocenters. The van der Waals surface area contributed by atoms with Crippen LogP contribution in [0.3, 0.4) is 0 Å². The van der Waals surface area contributed by atoms with Gasteiger partial charge < -0.3 is 8.74 Å². The average molecular weight is 293 g/mol. The molecule has 0 amide bonds. The Morgan fingerprint density at radius 2 is 1.42 bits per heavy atom. The van der Waals surface area contributed by atoms with Crippen LogP contribution in [0.15, 0.2) is 60.7 Å². The lowest BCUT2D eigenvalue weighted by Gasteiger charge is -2.18. The molecule has 0 bridgehead atoms. The van der Waals surface area contributed by atoms with Crippen molar-refractivity contribution >= 4 is 29.9 Å². The fourth-order valence-corrected chi connectivity index (χ4v) is 4.32. The molecule has 0 heterocycles. The van der Waals surface area contributed by atoms with Crippen LogP contribution in [0.1, 0.15) is 0 Å². The summed E-state index contributed by atoms with van der Waals surface area (Å²) in [5.41, 5.74) is 0. The maximum atomic E-state index is 10.4. The van der Waals surface area contributed by atoms with Crippen LogP contribution in [0.5, 0.6) is 0 Å². The average Bonchev–Trinajstić information content (AvgIpc) is 2.45. The van der Waals surface area contributed by atoms with Crippen molar-refractivity contribution in [2.45, 2.75) is 0 Å². The Balaban J connectivity index is 2.17. The zero-order valence-electron chi connectivity index (χ0n) is 10.3. The quantitative estimate of drug-likeness (QED) is 0.604. The molecule has 0 aliphatic carbocycles. The van der Waals surface area contributed by atoms with Gasteiger partial charge in [-0.3, -0.25) is 0 Å². The van der Waals surface area contributed by atoms with Crippen LogP contribution in [0.2, 0.25) is 0 Å². The number of benzene rings is 2. The van der Waals surface area contributed by atoms with Gasteiger partial charge in [-0.05, 0) is 18.5 Å². The van der Waals surface area contributed by atoms with Crippen molar-refractivity contribution in [1.82, 2.24) is 0 Å². The molecule has 1 atom stereocenters. The molecule has 0 fully saturated rings. The standard InChI is InChI=1S/C14H15O3PS/c15-19(16)17-11-12-18(13-7-3-1-4-8-13)14-9-5-2-6-10-14/h1-10H,11-12H2,(H,15,16)/p-1. The van der Waals surface area contributed by atoms with Crippen LogP contribution in [-0.2, 0) is 15.5 Å². The van der Waals surface area contributed by atoms with Crippen LogP contribution in [0.4, 0.5) is 0 Å². The summed E-state index contributed by atoms with van der Waals surface area (Å²) in [6.07, 6.45) is 0.692. The fraction of sp³-hybridized carbons (Fsp3) is 0.143. The summed E-state index contributed by atoms with van der Waals surface area (Å²) in [6.45, 7) is 0.214. The first kappa shape index (κ1) is 14.4. The van der Waals surface area contributed by atoms with Gasteiger partial charge in [0.15, 0.2) is 0 Å². The van der Waals surface area contributed by atoms with Crippen molar-refractivity contribution in [1.29, 1.82) is 0 Å². The minimum Gasteiger partial charge on any atom is -0.750 e. The van der Waals surface area contributed by atoms with Crippen LogP contribution in [0.25, 0.3) is 0 Å². The van der Waals surface area contributed by atoms with Gasteiger partial charge in [-0.1, -0.05) is 60.7 Å². The van der Waals surface area contributed by atoms with Gasteiger partial charge in [0.1, 0.15) is 0 Å². The summed E-state index contributed by atoms with van der Waals surface area (Å²) in [6, 6.07) is 20.3. The number of rotatable bonds is 6. The molecule has 0 aliphatic heterocycles. The van der Waals surface area contributed by atoms with E-state index in [1.807, 2.05) is 36.4 Å². The molecule has 100 valence electrons. The molecule has 0 aromatic heterocycles. The van der Waals surface area contributed by atoms with E-state index in [1.54, 1.807) is 0 Å². The van der Waals surface area contributed by atoms with Crippen LogP contribution < -0.4 is 10.6 Å². The van der Waals surface area contributed by atoms with Gasteiger partial charge >= 0.3 is 0 Å². The highest BCUT2D eigenvalue weighted by Crippen LogP contribution is 2.32. The molecule has 0 saturated heterocycles. The van der Waals surface area contributed by atoms with Crippen molar-refractivity contribution in [2.24, 2.45) is 0 Å². The Bertz CT molecular complexity index is 479. The molecule has 0 radical (unpaired) electrons. The second-order valence-corrected chi connectivity index (χ2v) is 6.83. The lowest BCUT2D eigenvalue weighted by Crippen LogP contribution is -2.16. The third-order valence-corrected chi connectivity index (χ3v) is 5.46. The molecular weight excluding hydrogens is 279 g/mol. The van der Waals surface area contributed by atoms with Gasteiger partial charge in [0, 0.05) is 6.16 Å². The minimum atomic E-state index is -2.43. The van der Waals surface area contributed by atoms with E-state index in [4.69, 9.17) is 0 Å². The number of hydrogen-bond donors (Lipinski definition) is 0. The van der Waals surface area contributed by atoms with E-state index in [0.717, 1.165) is 0 Å². The normalized spacial score (nSPS) is 12.5. The molecular formula is C14H14O3PS-. The van der Waals surface area contributed by atoms with Gasteiger partial charge in [0.05, 0.1) is 18.0 Å². The third kappa shape index (κ3) is 4.51. The lowest BCUT2D eigenvalue weighted by molar-refractivity contribution is 0.320. The zero-order chi connectivity index (χ0) is 13.5. The Labute approximate surface area is 116 Å². The fourth-order valence-electron chi connectivity index (χ4n) is 1.82. The van der Waals surface area contributed by atoms with Crippen molar-refractivity contribution in [3.63, 3.8) is 0 Å².